The summed E-state index contributed by atoms with van der Waals surface area (Å²) >= 11 is 1.81. The van der Waals surface area contributed by atoms with Gasteiger partial charge in [0.2, 0.25) is 0 Å². The summed E-state index contributed by atoms with van der Waals surface area (Å²) in [6.07, 6.45) is 6.75. The Hall–Kier alpha value is -1.09. The number of aromatic nitrogens is 1. The number of benzene rings is 1. The first-order valence-electron chi connectivity index (χ1n) is 5.96. The Morgan fingerprint density at radius 1 is 1.31 bits per heavy atom. The number of hydrogen-bond acceptors (Lipinski definition) is 3. The number of fused-ring (bicyclic) bond motifs is 1. The maximum atomic E-state index is 5.78. The van der Waals surface area contributed by atoms with Gasteiger partial charge in [-0.15, -0.1) is 11.3 Å². The minimum absolute atomic E-state index is 0.837. The summed E-state index contributed by atoms with van der Waals surface area (Å²) in [4.78, 5) is 4.68. The number of rotatable bonds is 2. The summed E-state index contributed by atoms with van der Waals surface area (Å²) in [5.41, 5.74) is 7.72. The number of nitrogens with two attached hydrogens (primary N) is 1. The molecule has 2 N–H and O–H groups in total. The van der Waals surface area contributed by atoms with Gasteiger partial charge in [0.05, 0.1) is 15.2 Å². The van der Waals surface area contributed by atoms with Crippen LogP contribution < -0.4 is 5.73 Å². The number of nitrogens with zero attached hydrogens (tertiary/aromatic N) is 1. The second-order valence-corrected chi connectivity index (χ2v) is 5.80. The van der Waals surface area contributed by atoms with Crippen molar-refractivity contribution in [2.45, 2.75) is 32.1 Å². The SMILES string of the molecule is Nc1ccc2nc(CC3CCCC3)sc2c1. The Balaban J connectivity index is 1.86. The average Bonchev–Trinajstić information content (AvgIpc) is 2.86. The van der Waals surface area contributed by atoms with Gasteiger partial charge in [0.1, 0.15) is 0 Å². The van der Waals surface area contributed by atoms with Crippen molar-refractivity contribution in [1.82, 2.24) is 4.98 Å². The number of nitrogen functional groups attached to an aromatic ring is 1. The Kier molecular flexibility index (Phi) is 2.56. The fraction of sp³-hybridized carbons (Fsp3) is 0.462. The Morgan fingerprint density at radius 2 is 2.12 bits per heavy atom. The molecule has 1 saturated carbocycles. The zero-order chi connectivity index (χ0) is 11.0. The maximum absolute atomic E-state index is 5.78. The third-order valence-corrected chi connectivity index (χ3v) is 4.44. The molecule has 0 unspecified atom stereocenters. The quantitative estimate of drug-likeness (QED) is 0.803. The molecule has 84 valence electrons. The van der Waals surface area contributed by atoms with E-state index in [0.29, 0.717) is 0 Å². The van der Waals surface area contributed by atoms with Crippen LogP contribution in [0.1, 0.15) is 30.7 Å². The molecule has 16 heavy (non-hydrogen) atoms. The normalized spacial score (nSPS) is 17.2. The average molecular weight is 232 g/mol. The van der Waals surface area contributed by atoms with Crippen molar-refractivity contribution in [2.24, 2.45) is 5.92 Å². The second kappa shape index (κ2) is 4.06. The van der Waals surface area contributed by atoms with Gasteiger partial charge in [-0.05, 0) is 24.1 Å². The van der Waals surface area contributed by atoms with E-state index in [9.17, 15) is 0 Å². The van der Waals surface area contributed by atoms with Gasteiger partial charge in [-0.1, -0.05) is 25.7 Å². The highest BCUT2D eigenvalue weighted by Crippen LogP contribution is 2.31. The lowest BCUT2D eigenvalue weighted by atomic mass is 10.1. The van der Waals surface area contributed by atoms with Crippen LogP contribution in [-0.4, -0.2) is 4.98 Å². The molecule has 0 atom stereocenters. The molecule has 1 aliphatic carbocycles. The summed E-state index contributed by atoms with van der Waals surface area (Å²) in [6.45, 7) is 0. The van der Waals surface area contributed by atoms with Gasteiger partial charge in [0, 0.05) is 12.1 Å². The molecule has 3 rings (SSSR count). The van der Waals surface area contributed by atoms with Crippen molar-refractivity contribution in [3.8, 4) is 0 Å². The van der Waals surface area contributed by atoms with Crippen LogP contribution in [0, 0.1) is 5.92 Å². The molecule has 1 fully saturated rings. The van der Waals surface area contributed by atoms with Crippen molar-refractivity contribution >= 4 is 27.2 Å². The molecule has 2 nitrogen and oxygen atoms in total. The molecule has 0 aliphatic heterocycles. The largest absolute Gasteiger partial charge is 0.399 e. The summed E-state index contributed by atoms with van der Waals surface area (Å²) in [5.74, 6) is 0.873. The lowest BCUT2D eigenvalue weighted by molar-refractivity contribution is 0.545. The van der Waals surface area contributed by atoms with Crippen LogP contribution in [-0.2, 0) is 6.42 Å². The predicted octanol–water partition coefficient (Wildman–Crippen LogP) is 3.61. The molecular weight excluding hydrogens is 216 g/mol. The maximum Gasteiger partial charge on any atom is 0.0941 e. The second-order valence-electron chi connectivity index (χ2n) is 4.69. The van der Waals surface area contributed by atoms with E-state index in [-0.39, 0.29) is 0 Å². The van der Waals surface area contributed by atoms with Crippen molar-refractivity contribution in [1.29, 1.82) is 0 Å². The molecular formula is C13H16N2S. The molecule has 0 amide bonds. The van der Waals surface area contributed by atoms with Gasteiger partial charge >= 0.3 is 0 Å². The van der Waals surface area contributed by atoms with Gasteiger partial charge in [0.25, 0.3) is 0 Å². The highest BCUT2D eigenvalue weighted by molar-refractivity contribution is 7.18. The summed E-state index contributed by atoms with van der Waals surface area (Å²) in [7, 11) is 0. The monoisotopic (exact) mass is 232 g/mol. The molecule has 0 saturated heterocycles. The standard InChI is InChI=1S/C13H16N2S/c14-10-5-6-11-12(8-10)16-13(15-11)7-9-3-1-2-4-9/h5-6,8-9H,1-4,7,14H2. The first-order chi connectivity index (χ1) is 7.81. The number of hydrogen-bond donors (Lipinski definition) is 1. The summed E-state index contributed by atoms with van der Waals surface area (Å²) < 4.78 is 1.23. The fourth-order valence-corrected chi connectivity index (χ4v) is 3.67. The van der Waals surface area contributed by atoms with Crippen molar-refractivity contribution in [2.75, 3.05) is 5.73 Å². The first-order valence-corrected chi connectivity index (χ1v) is 6.78. The zero-order valence-corrected chi connectivity index (χ0v) is 10.1. The van der Waals surface area contributed by atoms with Gasteiger partial charge in [0.15, 0.2) is 0 Å². The highest BCUT2D eigenvalue weighted by atomic mass is 32.1. The molecule has 1 aromatic heterocycles. The molecule has 1 heterocycles. The van der Waals surface area contributed by atoms with Crippen molar-refractivity contribution in [3.05, 3.63) is 23.2 Å². The Morgan fingerprint density at radius 3 is 2.94 bits per heavy atom. The van der Waals surface area contributed by atoms with Crippen LogP contribution in [0.2, 0.25) is 0 Å². The third kappa shape index (κ3) is 1.92. The van der Waals surface area contributed by atoms with Crippen LogP contribution in [0.25, 0.3) is 10.2 Å². The first kappa shape index (κ1) is 10.1. The van der Waals surface area contributed by atoms with Gasteiger partial charge in [-0.3, -0.25) is 0 Å². The van der Waals surface area contributed by atoms with Gasteiger partial charge < -0.3 is 5.73 Å². The highest BCUT2D eigenvalue weighted by Gasteiger charge is 2.17. The molecule has 0 bridgehead atoms. The van der Waals surface area contributed by atoms with E-state index in [1.54, 1.807) is 0 Å². The van der Waals surface area contributed by atoms with E-state index >= 15 is 0 Å². The van der Waals surface area contributed by atoms with Crippen LogP contribution in [0.5, 0.6) is 0 Å². The molecule has 0 radical (unpaired) electrons. The number of thiazole rings is 1. The van der Waals surface area contributed by atoms with Crippen molar-refractivity contribution < 1.29 is 0 Å². The lowest BCUT2D eigenvalue weighted by Crippen LogP contribution is -1.97. The molecule has 0 spiro atoms. The molecule has 1 aromatic carbocycles. The minimum Gasteiger partial charge on any atom is -0.399 e. The van der Waals surface area contributed by atoms with Gasteiger partial charge in [-0.2, -0.15) is 0 Å². The van der Waals surface area contributed by atoms with Crippen molar-refractivity contribution in [3.63, 3.8) is 0 Å². The smallest absolute Gasteiger partial charge is 0.0941 e. The van der Waals surface area contributed by atoms with Gasteiger partial charge in [-0.25, -0.2) is 4.98 Å². The number of anilines is 1. The zero-order valence-electron chi connectivity index (χ0n) is 9.28. The summed E-state index contributed by atoms with van der Waals surface area (Å²) in [6, 6.07) is 5.99. The fourth-order valence-electron chi connectivity index (χ4n) is 2.54. The minimum atomic E-state index is 0.837. The van der Waals surface area contributed by atoms with E-state index < -0.39 is 0 Å². The van der Waals surface area contributed by atoms with Crippen LogP contribution >= 0.6 is 11.3 Å². The Labute approximate surface area is 99.5 Å². The molecule has 1 aliphatic rings. The molecule has 2 aromatic rings. The Bertz CT molecular complexity index is 498. The van der Waals surface area contributed by atoms with E-state index in [4.69, 9.17) is 5.73 Å². The van der Waals surface area contributed by atoms with E-state index in [0.717, 1.165) is 17.1 Å². The summed E-state index contributed by atoms with van der Waals surface area (Å²) in [5, 5.41) is 1.28. The predicted molar refractivity (Wildman–Crippen MR) is 69.7 cm³/mol. The topological polar surface area (TPSA) is 38.9 Å². The molecule has 3 heteroatoms. The van der Waals surface area contributed by atoms with E-state index in [2.05, 4.69) is 4.98 Å². The third-order valence-electron chi connectivity index (χ3n) is 3.39. The van der Waals surface area contributed by atoms with Crippen LogP contribution in [0.15, 0.2) is 18.2 Å². The van der Waals surface area contributed by atoms with E-state index in [1.807, 2.05) is 29.5 Å². The van der Waals surface area contributed by atoms with E-state index in [1.165, 1.54) is 41.8 Å². The van der Waals surface area contributed by atoms with Crippen LogP contribution in [0.4, 0.5) is 5.69 Å². The lowest BCUT2D eigenvalue weighted by Gasteiger charge is -2.04. The van der Waals surface area contributed by atoms with Crippen LogP contribution in [0.3, 0.4) is 0 Å².